The predicted octanol–water partition coefficient (Wildman–Crippen LogP) is 5.29. The number of pyridine rings is 1. The Morgan fingerprint density at radius 2 is 1.45 bits per heavy atom. The van der Waals surface area contributed by atoms with Gasteiger partial charge in [0.1, 0.15) is 0 Å². The quantitative estimate of drug-likeness (QED) is 0.406. The maximum atomic E-state index is 4.86. The van der Waals surface area contributed by atoms with E-state index in [0.717, 1.165) is 11.2 Å². The highest BCUT2D eigenvalue weighted by Gasteiger charge is 2.18. The molecule has 0 fully saturated rings. The minimum atomic E-state index is 1.04. The molecule has 0 spiro atoms. The zero-order valence-corrected chi connectivity index (χ0v) is 12.0. The third-order valence-corrected chi connectivity index (χ3v) is 4.40. The van der Waals surface area contributed by atoms with Crippen molar-refractivity contribution in [3.05, 3.63) is 89.6 Å². The predicted molar refractivity (Wildman–Crippen MR) is 92.7 cm³/mol. The molecule has 1 nitrogen and oxygen atoms in total. The number of hydrogen-bond donors (Lipinski definition) is 0. The molecule has 102 valence electrons. The highest BCUT2D eigenvalue weighted by Crippen LogP contribution is 2.39. The lowest BCUT2D eigenvalue weighted by Gasteiger charge is -2.07. The molecule has 22 heavy (non-hydrogen) atoms. The second kappa shape index (κ2) is 4.28. The number of rotatable bonds is 1. The molecule has 5 rings (SSSR count). The standard InChI is InChI=1S/C21H13N/c1-2-10-19-14(5-1)11-12-20(22-19)18-13-16-8-3-6-15-7-4-9-17(18)21(15)16/h1-13H. The number of aromatic nitrogens is 1. The van der Waals surface area contributed by atoms with Crippen LogP contribution in [0.5, 0.6) is 0 Å². The molecule has 0 N–H and O–H groups in total. The Morgan fingerprint density at radius 3 is 2.41 bits per heavy atom. The summed E-state index contributed by atoms with van der Waals surface area (Å²) in [5, 5.41) is 3.82. The van der Waals surface area contributed by atoms with Gasteiger partial charge < -0.3 is 0 Å². The van der Waals surface area contributed by atoms with Crippen molar-refractivity contribution < 1.29 is 0 Å². The van der Waals surface area contributed by atoms with Crippen LogP contribution in [-0.4, -0.2) is 4.98 Å². The van der Waals surface area contributed by atoms with Gasteiger partial charge in [0.2, 0.25) is 0 Å². The van der Waals surface area contributed by atoms with Crippen LogP contribution in [0.1, 0.15) is 16.8 Å². The first-order valence-electron chi connectivity index (χ1n) is 7.50. The maximum Gasteiger partial charge on any atom is 0.0716 e. The minimum absolute atomic E-state index is 1.04. The largest absolute Gasteiger partial charge is 0.248 e. The molecule has 0 saturated carbocycles. The molecule has 0 atom stereocenters. The second-order valence-corrected chi connectivity index (χ2v) is 5.70. The fraction of sp³-hybridized carbons (Fsp3) is 0. The molecule has 3 aromatic carbocycles. The Balaban J connectivity index is 1.78. The molecule has 0 radical (unpaired) electrons. The van der Waals surface area contributed by atoms with Gasteiger partial charge in [0.25, 0.3) is 0 Å². The van der Waals surface area contributed by atoms with E-state index in [2.05, 4.69) is 72.8 Å². The zero-order chi connectivity index (χ0) is 14.5. The highest BCUT2D eigenvalue weighted by atomic mass is 14.7. The zero-order valence-electron chi connectivity index (χ0n) is 12.0. The Morgan fingerprint density at radius 1 is 0.636 bits per heavy atom. The lowest BCUT2D eigenvalue weighted by Crippen LogP contribution is -1.90. The van der Waals surface area contributed by atoms with Gasteiger partial charge in [0.05, 0.1) is 11.2 Å². The van der Waals surface area contributed by atoms with Crippen LogP contribution in [0.3, 0.4) is 0 Å². The smallest absolute Gasteiger partial charge is 0.0716 e. The number of benzene rings is 3. The summed E-state index contributed by atoms with van der Waals surface area (Å²) in [6.45, 7) is 0. The molecule has 1 aliphatic rings. The minimum Gasteiger partial charge on any atom is -0.248 e. The van der Waals surface area contributed by atoms with Crippen LogP contribution in [0.4, 0.5) is 0 Å². The molecule has 1 aromatic heterocycles. The Hall–Kier alpha value is -2.93. The Labute approximate surface area is 128 Å². The van der Waals surface area contributed by atoms with E-state index in [0.29, 0.717) is 0 Å². The van der Waals surface area contributed by atoms with Gasteiger partial charge in [-0.1, -0.05) is 60.7 Å². The first kappa shape index (κ1) is 11.7. The van der Waals surface area contributed by atoms with E-state index < -0.39 is 0 Å². The summed E-state index contributed by atoms with van der Waals surface area (Å²) in [7, 11) is 0. The molecule has 4 aromatic rings. The van der Waals surface area contributed by atoms with Crippen molar-refractivity contribution in [1.82, 2.24) is 4.98 Å². The number of para-hydroxylation sites is 1. The fourth-order valence-electron chi connectivity index (χ4n) is 3.38. The number of fused-ring (bicyclic) bond motifs is 1. The van der Waals surface area contributed by atoms with E-state index >= 15 is 0 Å². The molecule has 0 bridgehead atoms. The molecule has 1 aliphatic carbocycles. The van der Waals surface area contributed by atoms with E-state index in [1.807, 2.05) is 6.07 Å². The first-order valence-corrected chi connectivity index (χ1v) is 7.50. The molecule has 0 unspecified atom stereocenters. The summed E-state index contributed by atoms with van der Waals surface area (Å²) in [5.41, 5.74) is 5.89. The van der Waals surface area contributed by atoms with Gasteiger partial charge in [0, 0.05) is 11.0 Å². The van der Waals surface area contributed by atoms with Crippen molar-refractivity contribution in [3.63, 3.8) is 0 Å². The molecular weight excluding hydrogens is 266 g/mol. The van der Waals surface area contributed by atoms with Crippen LogP contribution >= 0.6 is 0 Å². The second-order valence-electron chi connectivity index (χ2n) is 5.70. The molecular formula is C21H13N. The van der Waals surface area contributed by atoms with Crippen LogP contribution in [0.15, 0.2) is 72.8 Å². The summed E-state index contributed by atoms with van der Waals surface area (Å²) >= 11 is 0. The van der Waals surface area contributed by atoms with Crippen molar-refractivity contribution in [2.75, 3.05) is 0 Å². The van der Waals surface area contributed by atoms with Gasteiger partial charge in [-0.3, -0.25) is 0 Å². The maximum absolute atomic E-state index is 4.86. The van der Waals surface area contributed by atoms with E-state index in [-0.39, 0.29) is 0 Å². The molecule has 0 aliphatic heterocycles. The van der Waals surface area contributed by atoms with Gasteiger partial charge in [0.15, 0.2) is 0 Å². The Bertz CT molecular complexity index is 1070. The summed E-state index contributed by atoms with van der Waals surface area (Å²) in [6, 6.07) is 25.5. The van der Waals surface area contributed by atoms with Crippen molar-refractivity contribution in [1.29, 1.82) is 0 Å². The topological polar surface area (TPSA) is 12.9 Å². The average molecular weight is 279 g/mol. The fourth-order valence-corrected chi connectivity index (χ4v) is 3.38. The van der Waals surface area contributed by atoms with E-state index in [1.165, 1.54) is 32.9 Å². The summed E-state index contributed by atoms with van der Waals surface area (Å²) in [5.74, 6) is 0. The lowest BCUT2D eigenvalue weighted by atomic mass is 10.0. The molecule has 1 heteroatoms. The summed E-state index contributed by atoms with van der Waals surface area (Å²) < 4.78 is 0. The van der Waals surface area contributed by atoms with Crippen LogP contribution in [0, 0.1) is 0 Å². The van der Waals surface area contributed by atoms with E-state index in [9.17, 15) is 0 Å². The van der Waals surface area contributed by atoms with Crippen LogP contribution < -0.4 is 0 Å². The number of nitrogens with zero attached hydrogens (tertiary/aromatic N) is 1. The average Bonchev–Trinajstić information content (AvgIpc) is 2.96. The van der Waals surface area contributed by atoms with Gasteiger partial charge >= 0.3 is 0 Å². The van der Waals surface area contributed by atoms with Crippen LogP contribution in [0.2, 0.25) is 0 Å². The third kappa shape index (κ3) is 1.57. The monoisotopic (exact) mass is 279 g/mol. The summed E-state index contributed by atoms with van der Waals surface area (Å²) in [6.07, 6.45) is 2.26. The summed E-state index contributed by atoms with van der Waals surface area (Å²) in [4.78, 5) is 4.86. The normalized spacial score (nSPS) is 12.8. The lowest BCUT2D eigenvalue weighted by molar-refractivity contribution is 1.35. The van der Waals surface area contributed by atoms with Gasteiger partial charge in [-0.05, 0) is 40.1 Å². The van der Waals surface area contributed by atoms with Crippen molar-refractivity contribution in [3.8, 4) is 0 Å². The molecule has 0 amide bonds. The van der Waals surface area contributed by atoms with Gasteiger partial charge in [-0.2, -0.15) is 0 Å². The van der Waals surface area contributed by atoms with E-state index in [1.54, 1.807) is 0 Å². The SMILES string of the molecule is C1=C(c2ccc3ccccc3n2)c2cccc3cccc1c23. The number of hydrogen-bond acceptors (Lipinski definition) is 1. The molecule has 1 heterocycles. The van der Waals surface area contributed by atoms with E-state index in [4.69, 9.17) is 4.98 Å². The Kier molecular flexibility index (Phi) is 2.28. The third-order valence-electron chi connectivity index (χ3n) is 4.40. The first-order chi connectivity index (χ1) is 10.9. The molecule has 0 saturated heterocycles. The van der Waals surface area contributed by atoms with Crippen molar-refractivity contribution in [2.45, 2.75) is 0 Å². The van der Waals surface area contributed by atoms with Crippen molar-refractivity contribution >= 4 is 33.3 Å². The van der Waals surface area contributed by atoms with Crippen LogP contribution in [-0.2, 0) is 0 Å². The van der Waals surface area contributed by atoms with Crippen molar-refractivity contribution in [2.24, 2.45) is 0 Å². The van der Waals surface area contributed by atoms with Crippen LogP contribution in [0.25, 0.3) is 33.3 Å². The van der Waals surface area contributed by atoms with Gasteiger partial charge in [-0.15, -0.1) is 0 Å². The van der Waals surface area contributed by atoms with Gasteiger partial charge in [-0.25, -0.2) is 4.98 Å². The highest BCUT2D eigenvalue weighted by molar-refractivity contribution is 6.12.